The Morgan fingerprint density at radius 1 is 1.00 bits per heavy atom. The molecule has 5 rings (SSSR count). The number of fused-ring (bicyclic) bond motifs is 2. The van der Waals surface area contributed by atoms with Crippen LogP contribution in [0.25, 0.3) is 22.0 Å². The summed E-state index contributed by atoms with van der Waals surface area (Å²) in [7, 11) is 0. The maximum Gasteiger partial charge on any atom is 0.323 e. The van der Waals surface area contributed by atoms with E-state index < -0.39 is 30.5 Å². The Morgan fingerprint density at radius 2 is 1.76 bits per heavy atom. The number of benzene rings is 3. The first-order chi connectivity index (χ1) is 16.5. The minimum absolute atomic E-state index is 0.278. The number of carbonyl (C=O) groups excluding carboxylic acids is 2. The number of aromatic nitrogens is 1. The van der Waals surface area contributed by atoms with Gasteiger partial charge in [0.25, 0.3) is 11.8 Å². The van der Waals surface area contributed by atoms with Gasteiger partial charge in [-0.2, -0.15) is 0 Å². The monoisotopic (exact) mass is 452 g/mol. The number of nitrogens with zero attached hydrogens (tertiary/aromatic N) is 2. The van der Waals surface area contributed by atoms with Crippen molar-refractivity contribution in [2.75, 3.05) is 11.4 Å². The molecule has 3 N–H and O–H groups in total. The molecule has 0 aliphatic carbocycles. The molecule has 1 aromatic heterocycles. The Bertz CT molecular complexity index is 1410. The molecule has 2 heterocycles. The Labute approximate surface area is 194 Å². The van der Waals surface area contributed by atoms with E-state index >= 15 is 0 Å². The van der Waals surface area contributed by atoms with Crippen LogP contribution in [0.2, 0.25) is 0 Å². The van der Waals surface area contributed by atoms with Crippen molar-refractivity contribution in [2.45, 2.75) is 6.17 Å². The average molecular weight is 452 g/mol. The predicted molar refractivity (Wildman–Crippen MR) is 129 cm³/mol. The summed E-state index contributed by atoms with van der Waals surface area (Å²) in [5.74, 6) is -2.32. The first-order valence-corrected chi connectivity index (χ1v) is 10.6. The number of rotatable bonds is 5. The molecule has 0 fully saturated rings. The number of aromatic amines is 1. The maximum absolute atomic E-state index is 13.4. The number of hydrogen-bond acceptors (Lipinski definition) is 4. The molecule has 8 nitrogen and oxygen atoms in total. The van der Waals surface area contributed by atoms with Gasteiger partial charge in [0.05, 0.1) is 5.69 Å². The molecule has 34 heavy (non-hydrogen) atoms. The van der Waals surface area contributed by atoms with Crippen LogP contribution in [0.15, 0.2) is 83.9 Å². The van der Waals surface area contributed by atoms with Crippen LogP contribution in [0, 0.1) is 0 Å². The summed E-state index contributed by atoms with van der Waals surface area (Å²) in [6, 6.07) is 24.0. The van der Waals surface area contributed by atoms with Gasteiger partial charge in [0.1, 0.15) is 12.2 Å². The lowest BCUT2D eigenvalue weighted by Gasteiger charge is -2.24. The van der Waals surface area contributed by atoms with E-state index in [2.05, 4.69) is 15.3 Å². The summed E-state index contributed by atoms with van der Waals surface area (Å²) in [6.45, 7) is -0.563. The topological polar surface area (TPSA) is 115 Å². The molecule has 0 saturated carbocycles. The van der Waals surface area contributed by atoms with Crippen LogP contribution >= 0.6 is 0 Å². The highest BCUT2D eigenvalue weighted by atomic mass is 16.4. The molecule has 2 amide bonds. The van der Waals surface area contributed by atoms with E-state index in [4.69, 9.17) is 0 Å². The van der Waals surface area contributed by atoms with Gasteiger partial charge in [-0.1, -0.05) is 60.7 Å². The maximum atomic E-state index is 13.4. The third-order valence-corrected chi connectivity index (χ3v) is 5.65. The molecule has 0 saturated heterocycles. The van der Waals surface area contributed by atoms with Gasteiger partial charge in [-0.15, -0.1) is 0 Å². The number of carboxylic acid groups (broad SMARTS) is 1. The molecule has 1 unspecified atom stereocenters. The second-order valence-electron chi connectivity index (χ2n) is 7.85. The number of para-hydroxylation sites is 1. The van der Waals surface area contributed by atoms with Crippen molar-refractivity contribution in [2.24, 2.45) is 4.99 Å². The van der Waals surface area contributed by atoms with Crippen molar-refractivity contribution in [3.63, 3.8) is 0 Å². The second-order valence-corrected chi connectivity index (χ2v) is 7.85. The lowest BCUT2D eigenvalue weighted by molar-refractivity contribution is -0.136. The number of aliphatic imine (C=N–C) groups is 1. The number of hydrogen-bond donors (Lipinski definition) is 3. The average Bonchev–Trinajstić information content (AvgIpc) is 3.24. The zero-order chi connectivity index (χ0) is 23.7. The molecule has 0 radical (unpaired) electrons. The number of H-pyrrole nitrogens is 1. The number of carboxylic acids is 1. The highest BCUT2D eigenvalue weighted by molar-refractivity contribution is 6.11. The molecule has 1 aliphatic heterocycles. The van der Waals surface area contributed by atoms with Gasteiger partial charge >= 0.3 is 5.97 Å². The molecule has 1 atom stereocenters. The molecule has 4 aromatic rings. The number of anilines is 1. The summed E-state index contributed by atoms with van der Waals surface area (Å²) >= 11 is 0. The smallest absolute Gasteiger partial charge is 0.323 e. The molecule has 1 aliphatic rings. The van der Waals surface area contributed by atoms with Gasteiger partial charge in [0, 0.05) is 22.7 Å². The third kappa shape index (κ3) is 3.93. The van der Waals surface area contributed by atoms with Crippen LogP contribution in [0.4, 0.5) is 5.69 Å². The zero-order valence-corrected chi connectivity index (χ0v) is 17.9. The number of benzodiazepines with no additional fused rings is 1. The molecular formula is C26H20N4O4. The van der Waals surface area contributed by atoms with Crippen LogP contribution in [0.5, 0.6) is 0 Å². The van der Waals surface area contributed by atoms with Crippen LogP contribution < -0.4 is 10.2 Å². The van der Waals surface area contributed by atoms with Crippen molar-refractivity contribution >= 4 is 40.6 Å². The van der Waals surface area contributed by atoms with Crippen molar-refractivity contribution in [3.05, 3.63) is 90.1 Å². The molecular weight excluding hydrogens is 432 g/mol. The third-order valence-electron chi connectivity index (χ3n) is 5.65. The van der Waals surface area contributed by atoms with E-state index in [-0.39, 0.29) is 5.69 Å². The standard InChI is InChI=1S/C26H20N4O4/c31-23(32)15-30-22-12-6-10-18(16-7-2-1-3-8-16)19(22)14-27-24(26(30)34)29-25(33)21-13-17-9-4-5-11-20(17)28-21/h1-14,24,28H,15H2,(H,29,33)(H,31,32). The molecule has 168 valence electrons. The van der Waals surface area contributed by atoms with Gasteiger partial charge in [-0.3, -0.25) is 24.3 Å². The van der Waals surface area contributed by atoms with Crippen molar-refractivity contribution < 1.29 is 19.5 Å². The highest BCUT2D eigenvalue weighted by Crippen LogP contribution is 2.32. The SMILES string of the molecule is O=C(O)CN1C(=O)C(NC(=O)c2cc3ccccc3[nH]2)N=Cc2c(-c3ccccc3)cccc21. The van der Waals surface area contributed by atoms with E-state index in [1.807, 2.05) is 60.7 Å². The fourth-order valence-corrected chi connectivity index (χ4v) is 4.07. The van der Waals surface area contributed by atoms with E-state index in [0.717, 1.165) is 26.9 Å². The van der Waals surface area contributed by atoms with Crippen LogP contribution in [-0.2, 0) is 9.59 Å². The Hall–Kier alpha value is -4.72. The molecule has 0 spiro atoms. The van der Waals surface area contributed by atoms with E-state index in [9.17, 15) is 19.5 Å². The van der Waals surface area contributed by atoms with Crippen LogP contribution in [0.1, 0.15) is 16.1 Å². The van der Waals surface area contributed by atoms with Gasteiger partial charge in [0.15, 0.2) is 0 Å². The minimum atomic E-state index is -1.28. The molecule has 3 aromatic carbocycles. The van der Waals surface area contributed by atoms with Gasteiger partial charge in [-0.05, 0) is 29.3 Å². The number of carbonyl (C=O) groups is 3. The fourth-order valence-electron chi connectivity index (χ4n) is 4.07. The molecule has 8 heteroatoms. The summed E-state index contributed by atoms with van der Waals surface area (Å²) in [5, 5.41) is 13.0. The van der Waals surface area contributed by atoms with Gasteiger partial charge in [0.2, 0.25) is 6.17 Å². The minimum Gasteiger partial charge on any atom is -0.480 e. The number of nitrogens with one attached hydrogen (secondary N) is 2. The first kappa shape index (κ1) is 21.1. The fraction of sp³-hybridized carbons (Fsp3) is 0.0769. The summed E-state index contributed by atoms with van der Waals surface area (Å²) in [6.07, 6.45) is 0.238. The highest BCUT2D eigenvalue weighted by Gasteiger charge is 2.32. The number of aliphatic carboxylic acids is 1. The Kier molecular flexibility index (Phi) is 5.39. The zero-order valence-electron chi connectivity index (χ0n) is 17.9. The Morgan fingerprint density at radius 3 is 2.53 bits per heavy atom. The Balaban J connectivity index is 1.52. The van der Waals surface area contributed by atoms with Crippen LogP contribution in [0.3, 0.4) is 0 Å². The van der Waals surface area contributed by atoms with Crippen molar-refractivity contribution in [1.29, 1.82) is 0 Å². The quantitative estimate of drug-likeness (QED) is 0.430. The lowest BCUT2D eigenvalue weighted by Crippen LogP contribution is -2.48. The normalized spacial score (nSPS) is 15.1. The van der Waals surface area contributed by atoms with Gasteiger partial charge < -0.3 is 15.4 Å². The van der Waals surface area contributed by atoms with Crippen molar-refractivity contribution in [3.8, 4) is 11.1 Å². The second kappa shape index (κ2) is 8.67. The molecule has 0 bridgehead atoms. The predicted octanol–water partition coefficient (Wildman–Crippen LogP) is 3.44. The lowest BCUT2D eigenvalue weighted by atomic mass is 9.98. The van der Waals surface area contributed by atoms with Gasteiger partial charge in [-0.25, -0.2) is 0 Å². The van der Waals surface area contributed by atoms with Crippen molar-refractivity contribution in [1.82, 2.24) is 10.3 Å². The summed E-state index contributed by atoms with van der Waals surface area (Å²) < 4.78 is 0. The first-order valence-electron chi connectivity index (χ1n) is 10.6. The van der Waals surface area contributed by atoms with E-state index in [0.29, 0.717) is 11.3 Å². The number of amides is 2. The van der Waals surface area contributed by atoms with E-state index in [1.54, 1.807) is 18.2 Å². The summed E-state index contributed by atoms with van der Waals surface area (Å²) in [5.41, 5.74) is 3.78. The van der Waals surface area contributed by atoms with E-state index in [1.165, 1.54) is 6.21 Å². The largest absolute Gasteiger partial charge is 0.480 e. The van der Waals surface area contributed by atoms with Crippen LogP contribution in [-0.4, -0.2) is 46.8 Å². The summed E-state index contributed by atoms with van der Waals surface area (Å²) in [4.78, 5) is 46.4.